The second-order valence-electron chi connectivity index (χ2n) is 7.36. The lowest BCUT2D eigenvalue weighted by atomic mass is 9.96. The predicted molar refractivity (Wildman–Crippen MR) is 108 cm³/mol. The number of pyridine rings is 1. The van der Waals surface area contributed by atoms with Crippen molar-refractivity contribution in [3.05, 3.63) is 48.4 Å². The molecule has 2 aromatic heterocycles. The van der Waals surface area contributed by atoms with Crippen LogP contribution in [0.2, 0.25) is 0 Å². The molecular formula is C21H25N5O2. The van der Waals surface area contributed by atoms with Crippen LogP contribution in [0, 0.1) is 0 Å². The number of carbonyl (C=O) groups excluding carboxylic acids is 1. The summed E-state index contributed by atoms with van der Waals surface area (Å²) in [5.41, 5.74) is 2.98. The molecule has 146 valence electrons. The Balaban J connectivity index is 1.53. The number of methoxy groups -OCH3 is 1. The smallest absolute Gasteiger partial charge is 0.319 e. The van der Waals surface area contributed by atoms with Gasteiger partial charge in [-0.1, -0.05) is 12.1 Å². The highest BCUT2D eigenvalue weighted by Crippen LogP contribution is 2.28. The molecule has 3 heterocycles. The zero-order valence-electron chi connectivity index (χ0n) is 16.5. The topological polar surface area (TPSA) is 63.0 Å². The molecule has 0 radical (unpaired) electrons. The number of benzene rings is 1. The van der Waals surface area contributed by atoms with Crippen molar-refractivity contribution in [2.45, 2.75) is 18.8 Å². The molecule has 1 aromatic carbocycles. The highest BCUT2D eigenvalue weighted by Gasteiger charge is 2.27. The highest BCUT2D eigenvalue weighted by atomic mass is 16.5. The molecule has 0 atom stereocenters. The predicted octanol–water partition coefficient (Wildman–Crippen LogP) is 3.27. The summed E-state index contributed by atoms with van der Waals surface area (Å²) in [5.74, 6) is 1.97. The van der Waals surface area contributed by atoms with Gasteiger partial charge in [-0.05, 0) is 42.7 Å². The van der Waals surface area contributed by atoms with Crippen molar-refractivity contribution in [1.29, 1.82) is 0 Å². The molecule has 1 saturated heterocycles. The molecule has 0 N–H and O–H groups in total. The van der Waals surface area contributed by atoms with Gasteiger partial charge in [0, 0.05) is 44.9 Å². The lowest BCUT2D eigenvalue weighted by molar-refractivity contribution is 0.155. The first-order chi connectivity index (χ1) is 13.5. The quantitative estimate of drug-likeness (QED) is 0.701. The molecule has 0 saturated carbocycles. The third-order valence-corrected chi connectivity index (χ3v) is 5.26. The minimum Gasteiger partial charge on any atom is -0.497 e. The maximum Gasteiger partial charge on any atom is 0.319 e. The molecule has 1 fully saturated rings. The Labute approximate surface area is 164 Å². The number of hydrogen-bond donors (Lipinski definition) is 0. The first-order valence-corrected chi connectivity index (χ1v) is 9.52. The molecule has 7 nitrogen and oxygen atoms in total. The van der Waals surface area contributed by atoms with E-state index in [4.69, 9.17) is 14.8 Å². The summed E-state index contributed by atoms with van der Waals surface area (Å²) in [7, 11) is 5.25. The number of fused-ring (bicyclic) bond motifs is 1. The van der Waals surface area contributed by atoms with Crippen molar-refractivity contribution in [2.24, 2.45) is 0 Å². The van der Waals surface area contributed by atoms with Gasteiger partial charge in [-0.2, -0.15) is 5.10 Å². The fraction of sp³-hybridized carbons (Fsp3) is 0.381. The van der Waals surface area contributed by atoms with E-state index in [0.717, 1.165) is 54.3 Å². The normalized spacial score (nSPS) is 15.0. The standard InChI is InChI=1S/C21H25N5O2/c1-24(2)21(27)25-11-9-15(10-12-25)20-22-19-8-7-17(14-26(19)23-20)16-5-4-6-18(13-16)28-3/h4-8,13-15H,9-12H2,1-3H3. The minimum atomic E-state index is 0.0735. The van der Waals surface area contributed by atoms with Crippen molar-refractivity contribution in [1.82, 2.24) is 24.4 Å². The van der Waals surface area contributed by atoms with Gasteiger partial charge in [-0.25, -0.2) is 14.3 Å². The largest absolute Gasteiger partial charge is 0.497 e. The second kappa shape index (κ2) is 7.50. The summed E-state index contributed by atoms with van der Waals surface area (Å²) in [6.07, 6.45) is 3.78. The molecule has 2 amide bonds. The Bertz CT molecular complexity index is 989. The molecule has 0 bridgehead atoms. The second-order valence-corrected chi connectivity index (χ2v) is 7.36. The van der Waals surface area contributed by atoms with Gasteiger partial charge in [0.25, 0.3) is 0 Å². The van der Waals surface area contributed by atoms with E-state index < -0.39 is 0 Å². The van der Waals surface area contributed by atoms with Crippen LogP contribution in [0.4, 0.5) is 4.79 Å². The van der Waals surface area contributed by atoms with Crippen LogP contribution in [0.3, 0.4) is 0 Å². The van der Waals surface area contributed by atoms with E-state index in [1.54, 1.807) is 26.1 Å². The number of ether oxygens (including phenoxy) is 1. The van der Waals surface area contributed by atoms with Gasteiger partial charge in [0.2, 0.25) is 0 Å². The van der Waals surface area contributed by atoms with E-state index in [1.165, 1.54) is 0 Å². The van der Waals surface area contributed by atoms with Crippen LogP contribution in [0.5, 0.6) is 5.75 Å². The van der Waals surface area contributed by atoms with Crippen molar-refractivity contribution >= 4 is 11.7 Å². The maximum absolute atomic E-state index is 12.1. The average Bonchev–Trinajstić information content (AvgIpc) is 3.16. The molecule has 7 heteroatoms. The lowest BCUT2D eigenvalue weighted by Gasteiger charge is -2.32. The molecular weight excluding hydrogens is 354 g/mol. The highest BCUT2D eigenvalue weighted by molar-refractivity contribution is 5.73. The fourth-order valence-corrected chi connectivity index (χ4v) is 3.66. The summed E-state index contributed by atoms with van der Waals surface area (Å²) in [6, 6.07) is 12.1. The lowest BCUT2D eigenvalue weighted by Crippen LogP contribution is -2.43. The number of rotatable bonds is 3. The van der Waals surface area contributed by atoms with E-state index in [0.29, 0.717) is 0 Å². The first kappa shape index (κ1) is 18.3. The Hall–Kier alpha value is -3.09. The van der Waals surface area contributed by atoms with Crippen LogP contribution in [0.25, 0.3) is 16.8 Å². The zero-order chi connectivity index (χ0) is 19.7. The van der Waals surface area contributed by atoms with Gasteiger partial charge < -0.3 is 14.5 Å². The number of aromatic nitrogens is 3. The van der Waals surface area contributed by atoms with E-state index >= 15 is 0 Å². The SMILES string of the molecule is COc1cccc(-c2ccc3nc(C4CCN(C(=O)N(C)C)CC4)nn3c2)c1. The number of urea groups is 1. The van der Waals surface area contributed by atoms with Crippen LogP contribution < -0.4 is 4.74 Å². The molecule has 1 aliphatic heterocycles. The van der Waals surface area contributed by atoms with E-state index in [2.05, 4.69) is 12.1 Å². The summed E-state index contributed by atoms with van der Waals surface area (Å²) >= 11 is 0. The van der Waals surface area contributed by atoms with E-state index in [9.17, 15) is 4.79 Å². The fourth-order valence-electron chi connectivity index (χ4n) is 3.66. The van der Waals surface area contributed by atoms with Gasteiger partial charge in [0.15, 0.2) is 11.5 Å². The van der Waals surface area contributed by atoms with Gasteiger partial charge in [-0.3, -0.25) is 0 Å². The third kappa shape index (κ3) is 3.52. The van der Waals surface area contributed by atoms with Crippen LogP contribution in [0.1, 0.15) is 24.6 Å². The Morgan fingerprint density at radius 3 is 2.64 bits per heavy atom. The number of hydrogen-bond acceptors (Lipinski definition) is 4. The van der Waals surface area contributed by atoms with Crippen LogP contribution in [-0.2, 0) is 0 Å². The monoisotopic (exact) mass is 379 g/mol. The molecule has 28 heavy (non-hydrogen) atoms. The van der Waals surface area contributed by atoms with Gasteiger partial charge in [0.1, 0.15) is 5.75 Å². The number of piperidine rings is 1. The van der Waals surface area contributed by atoms with E-state index in [1.807, 2.05) is 39.9 Å². The van der Waals surface area contributed by atoms with E-state index in [-0.39, 0.29) is 11.9 Å². The molecule has 4 rings (SSSR count). The van der Waals surface area contributed by atoms with Crippen molar-refractivity contribution < 1.29 is 9.53 Å². The summed E-state index contributed by atoms with van der Waals surface area (Å²) < 4.78 is 7.17. The molecule has 0 spiro atoms. The van der Waals surface area contributed by atoms with Crippen molar-refractivity contribution in [2.75, 3.05) is 34.3 Å². The van der Waals surface area contributed by atoms with Gasteiger partial charge >= 0.3 is 6.03 Å². The molecule has 3 aromatic rings. The number of likely N-dealkylation sites (tertiary alicyclic amines) is 1. The van der Waals surface area contributed by atoms with Crippen LogP contribution in [0.15, 0.2) is 42.6 Å². The average molecular weight is 379 g/mol. The van der Waals surface area contributed by atoms with Crippen LogP contribution in [-0.4, -0.2) is 64.7 Å². The third-order valence-electron chi connectivity index (χ3n) is 5.26. The first-order valence-electron chi connectivity index (χ1n) is 9.52. The Kier molecular flexibility index (Phi) is 4.90. The summed E-state index contributed by atoms with van der Waals surface area (Å²) in [4.78, 5) is 20.4. The minimum absolute atomic E-state index is 0.0735. The molecule has 0 unspecified atom stereocenters. The maximum atomic E-state index is 12.1. The van der Waals surface area contributed by atoms with Crippen LogP contribution >= 0.6 is 0 Å². The molecule has 0 aliphatic carbocycles. The van der Waals surface area contributed by atoms with Crippen molar-refractivity contribution in [3.63, 3.8) is 0 Å². The Morgan fingerprint density at radius 1 is 1.14 bits per heavy atom. The summed E-state index contributed by atoms with van der Waals surface area (Å²) in [5, 5.41) is 4.73. The zero-order valence-corrected chi connectivity index (χ0v) is 16.5. The summed E-state index contributed by atoms with van der Waals surface area (Å²) in [6.45, 7) is 1.48. The van der Waals surface area contributed by atoms with Crippen molar-refractivity contribution in [3.8, 4) is 16.9 Å². The number of nitrogens with zero attached hydrogens (tertiary/aromatic N) is 5. The Morgan fingerprint density at radius 2 is 1.93 bits per heavy atom. The van der Waals surface area contributed by atoms with Gasteiger partial charge in [-0.15, -0.1) is 0 Å². The number of amides is 2. The number of carbonyl (C=O) groups is 1. The van der Waals surface area contributed by atoms with Gasteiger partial charge in [0.05, 0.1) is 7.11 Å². The molecule has 1 aliphatic rings.